The summed E-state index contributed by atoms with van der Waals surface area (Å²) in [5, 5.41) is 9.34. The summed E-state index contributed by atoms with van der Waals surface area (Å²) in [7, 11) is 3.18. The summed E-state index contributed by atoms with van der Waals surface area (Å²) < 4.78 is 10.2. The van der Waals surface area contributed by atoms with E-state index in [0.29, 0.717) is 32.6 Å². The second-order valence-electron chi connectivity index (χ2n) is 5.66. The van der Waals surface area contributed by atoms with Gasteiger partial charge in [0.2, 0.25) is 5.91 Å². The first-order valence-corrected chi connectivity index (χ1v) is 7.54. The van der Waals surface area contributed by atoms with E-state index in [0.717, 1.165) is 12.8 Å². The van der Waals surface area contributed by atoms with E-state index in [1.165, 1.54) is 0 Å². The summed E-state index contributed by atoms with van der Waals surface area (Å²) in [5.74, 6) is -1.93. The lowest BCUT2D eigenvalue weighted by Gasteiger charge is -2.35. The zero-order valence-corrected chi connectivity index (χ0v) is 13.2. The predicted octanol–water partition coefficient (Wildman–Crippen LogP) is 1.39. The zero-order valence-electron chi connectivity index (χ0n) is 13.2. The maximum Gasteiger partial charge on any atom is 0.307 e. The van der Waals surface area contributed by atoms with Gasteiger partial charge in [0, 0.05) is 20.8 Å². The summed E-state index contributed by atoms with van der Waals surface area (Å²) in [5.41, 5.74) is 0. The Labute approximate surface area is 126 Å². The monoisotopic (exact) mass is 301 g/mol. The number of ether oxygens (including phenoxy) is 2. The van der Waals surface area contributed by atoms with Crippen molar-refractivity contribution in [1.82, 2.24) is 4.90 Å². The van der Waals surface area contributed by atoms with Crippen LogP contribution in [0, 0.1) is 11.8 Å². The second kappa shape index (κ2) is 9.00. The quantitative estimate of drug-likeness (QED) is 0.733. The number of amides is 1. The molecule has 0 aromatic carbocycles. The minimum Gasteiger partial charge on any atom is -0.481 e. The summed E-state index contributed by atoms with van der Waals surface area (Å²) in [6, 6.07) is -0.0889. The largest absolute Gasteiger partial charge is 0.481 e. The third-order valence-electron chi connectivity index (χ3n) is 4.16. The lowest BCUT2D eigenvalue weighted by atomic mass is 9.78. The van der Waals surface area contributed by atoms with Crippen molar-refractivity contribution in [3.8, 4) is 0 Å². The number of carboxylic acid groups (broad SMARTS) is 1. The van der Waals surface area contributed by atoms with Crippen LogP contribution in [0.25, 0.3) is 0 Å². The van der Waals surface area contributed by atoms with Gasteiger partial charge in [-0.25, -0.2) is 0 Å². The fourth-order valence-corrected chi connectivity index (χ4v) is 3.00. The van der Waals surface area contributed by atoms with Gasteiger partial charge in [-0.2, -0.15) is 0 Å². The average Bonchev–Trinajstić information content (AvgIpc) is 2.47. The van der Waals surface area contributed by atoms with Gasteiger partial charge in [0.15, 0.2) is 0 Å². The molecule has 21 heavy (non-hydrogen) atoms. The molecule has 1 amide bonds. The highest BCUT2D eigenvalue weighted by molar-refractivity contribution is 5.85. The van der Waals surface area contributed by atoms with Crippen molar-refractivity contribution < 1.29 is 24.2 Å². The third kappa shape index (κ3) is 4.97. The van der Waals surface area contributed by atoms with Gasteiger partial charge in [0.1, 0.15) is 0 Å². The van der Waals surface area contributed by atoms with E-state index in [9.17, 15) is 14.7 Å². The third-order valence-corrected chi connectivity index (χ3v) is 4.16. The number of hydrogen-bond donors (Lipinski definition) is 1. The molecule has 0 spiro atoms. The van der Waals surface area contributed by atoms with Crippen LogP contribution < -0.4 is 0 Å². The van der Waals surface area contributed by atoms with Gasteiger partial charge in [-0.3, -0.25) is 9.59 Å². The van der Waals surface area contributed by atoms with E-state index < -0.39 is 17.8 Å². The Morgan fingerprint density at radius 1 is 1.19 bits per heavy atom. The Bertz CT molecular complexity index is 347. The first-order valence-electron chi connectivity index (χ1n) is 7.54. The summed E-state index contributed by atoms with van der Waals surface area (Å²) in [6.07, 6.45) is 3.03. The number of carboxylic acids is 1. The van der Waals surface area contributed by atoms with Crippen molar-refractivity contribution in [3.63, 3.8) is 0 Å². The highest BCUT2D eigenvalue weighted by Gasteiger charge is 2.38. The first-order chi connectivity index (χ1) is 10.0. The van der Waals surface area contributed by atoms with E-state index in [1.54, 1.807) is 19.1 Å². The van der Waals surface area contributed by atoms with Crippen molar-refractivity contribution in [2.24, 2.45) is 11.8 Å². The molecule has 0 heterocycles. The van der Waals surface area contributed by atoms with Crippen LogP contribution in [0.4, 0.5) is 0 Å². The highest BCUT2D eigenvalue weighted by atomic mass is 16.5. The molecule has 0 aliphatic heterocycles. The number of nitrogens with zero attached hydrogens (tertiary/aromatic N) is 1. The molecule has 0 aromatic heterocycles. The van der Waals surface area contributed by atoms with Crippen LogP contribution in [-0.2, 0) is 19.1 Å². The standard InChI is InChI=1S/C15H27NO5/c1-11(10-21-3)16(8-9-20-2)14(17)12-6-4-5-7-13(12)15(18)19/h11-13H,4-10H2,1-3H3,(H,18,19). The molecular weight excluding hydrogens is 274 g/mol. The van der Waals surface area contributed by atoms with E-state index in [1.807, 2.05) is 6.92 Å². The van der Waals surface area contributed by atoms with Gasteiger partial charge in [-0.1, -0.05) is 12.8 Å². The number of aliphatic carboxylic acids is 1. The van der Waals surface area contributed by atoms with E-state index in [4.69, 9.17) is 9.47 Å². The van der Waals surface area contributed by atoms with Gasteiger partial charge in [-0.05, 0) is 19.8 Å². The predicted molar refractivity (Wildman–Crippen MR) is 78.0 cm³/mol. The second-order valence-corrected chi connectivity index (χ2v) is 5.66. The lowest BCUT2D eigenvalue weighted by Crippen LogP contribution is -2.48. The molecule has 1 rings (SSSR count). The summed E-state index contributed by atoms with van der Waals surface area (Å²) in [6.45, 7) is 3.24. The maximum absolute atomic E-state index is 12.8. The first kappa shape index (κ1) is 17.9. The average molecular weight is 301 g/mol. The molecule has 1 N–H and O–H groups in total. The van der Waals surface area contributed by atoms with Crippen molar-refractivity contribution in [2.75, 3.05) is 34.0 Å². The number of carbonyl (C=O) groups excluding carboxylic acids is 1. The fourth-order valence-electron chi connectivity index (χ4n) is 3.00. The Balaban J connectivity index is 2.83. The van der Waals surface area contributed by atoms with Gasteiger partial charge < -0.3 is 19.5 Å². The molecule has 1 aliphatic carbocycles. The molecule has 3 atom stereocenters. The van der Waals surface area contributed by atoms with Crippen LogP contribution in [0.5, 0.6) is 0 Å². The number of methoxy groups -OCH3 is 2. The van der Waals surface area contributed by atoms with Crippen LogP contribution >= 0.6 is 0 Å². The SMILES string of the molecule is COCCN(C(=O)C1CCCCC1C(=O)O)C(C)COC. The number of rotatable bonds is 8. The van der Waals surface area contributed by atoms with Crippen LogP contribution in [-0.4, -0.2) is 61.9 Å². The Hall–Kier alpha value is -1.14. The molecule has 0 saturated heterocycles. The minimum atomic E-state index is -0.862. The van der Waals surface area contributed by atoms with Gasteiger partial charge >= 0.3 is 5.97 Å². The van der Waals surface area contributed by atoms with Crippen LogP contribution in [0.1, 0.15) is 32.6 Å². The lowest BCUT2D eigenvalue weighted by molar-refractivity contribution is -0.154. The summed E-state index contributed by atoms with van der Waals surface area (Å²) in [4.78, 5) is 25.9. The smallest absolute Gasteiger partial charge is 0.307 e. The normalized spacial score (nSPS) is 23.6. The van der Waals surface area contributed by atoms with Crippen molar-refractivity contribution in [2.45, 2.75) is 38.6 Å². The molecule has 122 valence electrons. The van der Waals surface area contributed by atoms with Gasteiger partial charge in [0.05, 0.1) is 31.1 Å². The summed E-state index contributed by atoms with van der Waals surface area (Å²) >= 11 is 0. The molecule has 0 aromatic rings. The van der Waals surface area contributed by atoms with Crippen molar-refractivity contribution in [3.05, 3.63) is 0 Å². The topological polar surface area (TPSA) is 76.1 Å². The number of carbonyl (C=O) groups is 2. The zero-order chi connectivity index (χ0) is 15.8. The van der Waals surface area contributed by atoms with Crippen LogP contribution in [0.3, 0.4) is 0 Å². The van der Waals surface area contributed by atoms with Crippen LogP contribution in [0.15, 0.2) is 0 Å². The molecule has 0 radical (unpaired) electrons. The van der Waals surface area contributed by atoms with E-state index in [-0.39, 0.29) is 11.9 Å². The van der Waals surface area contributed by atoms with Crippen molar-refractivity contribution >= 4 is 11.9 Å². The van der Waals surface area contributed by atoms with Gasteiger partial charge in [-0.15, -0.1) is 0 Å². The fraction of sp³-hybridized carbons (Fsp3) is 0.867. The molecule has 1 aliphatic rings. The van der Waals surface area contributed by atoms with E-state index in [2.05, 4.69) is 0 Å². The molecule has 3 unspecified atom stereocenters. The molecule has 6 nitrogen and oxygen atoms in total. The molecule has 1 saturated carbocycles. The van der Waals surface area contributed by atoms with Gasteiger partial charge in [0.25, 0.3) is 0 Å². The maximum atomic E-state index is 12.8. The van der Waals surface area contributed by atoms with Crippen molar-refractivity contribution in [1.29, 1.82) is 0 Å². The molecule has 0 bridgehead atoms. The number of hydrogen-bond acceptors (Lipinski definition) is 4. The highest BCUT2D eigenvalue weighted by Crippen LogP contribution is 2.32. The minimum absolute atomic E-state index is 0.0799. The Morgan fingerprint density at radius 2 is 1.81 bits per heavy atom. The molecule has 6 heteroatoms. The molecular formula is C15H27NO5. The molecule has 1 fully saturated rings. The van der Waals surface area contributed by atoms with Crippen LogP contribution in [0.2, 0.25) is 0 Å². The Morgan fingerprint density at radius 3 is 2.33 bits per heavy atom. The Kier molecular flexibility index (Phi) is 7.67. The van der Waals surface area contributed by atoms with E-state index >= 15 is 0 Å².